The van der Waals surface area contributed by atoms with E-state index in [-0.39, 0.29) is 23.7 Å². The number of hydrogen-bond acceptors (Lipinski definition) is 4. The summed E-state index contributed by atoms with van der Waals surface area (Å²) in [5.74, 6) is 0.847. The first kappa shape index (κ1) is 23.3. The Bertz CT molecular complexity index is 1220. The quantitative estimate of drug-likeness (QED) is 0.472. The number of nitrogens with zero attached hydrogens (tertiary/aromatic N) is 2. The number of fused-ring (bicyclic) bond motifs is 1. The van der Waals surface area contributed by atoms with Crippen molar-refractivity contribution in [1.29, 1.82) is 0 Å². The van der Waals surface area contributed by atoms with Crippen molar-refractivity contribution in [3.8, 4) is 5.75 Å². The molecule has 1 saturated carbocycles. The third kappa shape index (κ3) is 5.49. The summed E-state index contributed by atoms with van der Waals surface area (Å²) in [6, 6.07) is 19.5. The van der Waals surface area contributed by atoms with Crippen molar-refractivity contribution in [3.63, 3.8) is 0 Å². The highest BCUT2D eigenvalue weighted by atomic mass is 19.1. The SMILES string of the molecule is O=C(NC(Cc1ccc(OC2CC2)cc1)CN1CCC1)[C@@H]1CCN(c2ccc3cc(F)ccc3c2)C1. The number of hydrogen-bond donors (Lipinski definition) is 1. The van der Waals surface area contributed by atoms with Gasteiger partial charge >= 0.3 is 0 Å². The Balaban J connectivity index is 1.08. The molecule has 3 fully saturated rings. The number of carbonyl (C=O) groups excluding carboxylic acids is 1. The largest absolute Gasteiger partial charge is 0.490 e. The molecule has 2 heterocycles. The van der Waals surface area contributed by atoms with Crippen molar-refractivity contribution in [2.24, 2.45) is 5.92 Å². The van der Waals surface area contributed by atoms with Crippen LogP contribution in [0.3, 0.4) is 0 Å². The number of amides is 1. The van der Waals surface area contributed by atoms with Gasteiger partial charge < -0.3 is 19.9 Å². The zero-order valence-corrected chi connectivity index (χ0v) is 20.7. The Morgan fingerprint density at radius 1 is 0.972 bits per heavy atom. The number of carbonyl (C=O) groups is 1. The monoisotopic (exact) mass is 487 g/mol. The fourth-order valence-electron chi connectivity index (χ4n) is 5.33. The molecule has 0 radical (unpaired) electrons. The van der Waals surface area contributed by atoms with Crippen molar-refractivity contribution < 1.29 is 13.9 Å². The average molecular weight is 488 g/mol. The molecule has 3 aliphatic rings. The number of likely N-dealkylation sites (tertiary alicyclic amines) is 1. The third-order valence-electron chi connectivity index (χ3n) is 7.72. The van der Waals surface area contributed by atoms with E-state index in [2.05, 4.69) is 45.4 Å². The topological polar surface area (TPSA) is 44.8 Å². The van der Waals surface area contributed by atoms with E-state index in [0.717, 1.165) is 74.1 Å². The number of benzene rings is 3. The van der Waals surface area contributed by atoms with Gasteiger partial charge in [-0.05, 0) is 97.9 Å². The van der Waals surface area contributed by atoms with Crippen LogP contribution in [0, 0.1) is 11.7 Å². The second kappa shape index (κ2) is 10.1. The first-order chi connectivity index (χ1) is 17.6. The predicted octanol–water partition coefficient (Wildman–Crippen LogP) is 4.78. The molecule has 5 nitrogen and oxygen atoms in total. The summed E-state index contributed by atoms with van der Waals surface area (Å²) in [7, 11) is 0. The molecule has 2 saturated heterocycles. The molecule has 0 bridgehead atoms. The highest BCUT2D eigenvalue weighted by Crippen LogP contribution is 2.29. The van der Waals surface area contributed by atoms with Crippen LogP contribution >= 0.6 is 0 Å². The van der Waals surface area contributed by atoms with E-state index < -0.39 is 0 Å². The fourth-order valence-corrected chi connectivity index (χ4v) is 5.33. The molecule has 1 unspecified atom stereocenters. The number of nitrogens with one attached hydrogen (secondary N) is 1. The number of halogens is 1. The van der Waals surface area contributed by atoms with Gasteiger partial charge in [-0.15, -0.1) is 0 Å². The van der Waals surface area contributed by atoms with Crippen LogP contribution in [0.5, 0.6) is 5.75 Å². The van der Waals surface area contributed by atoms with E-state index in [1.165, 1.54) is 18.1 Å². The molecule has 2 atom stereocenters. The highest BCUT2D eigenvalue weighted by Gasteiger charge is 2.31. The van der Waals surface area contributed by atoms with Gasteiger partial charge in [-0.25, -0.2) is 4.39 Å². The van der Waals surface area contributed by atoms with Crippen molar-refractivity contribution >= 4 is 22.4 Å². The van der Waals surface area contributed by atoms with Crippen LogP contribution in [0.1, 0.15) is 31.2 Å². The lowest BCUT2D eigenvalue weighted by atomic mass is 10.0. The summed E-state index contributed by atoms with van der Waals surface area (Å²) >= 11 is 0. The molecule has 1 N–H and O–H groups in total. The Kier molecular flexibility index (Phi) is 6.53. The van der Waals surface area contributed by atoms with Crippen LogP contribution in [0.4, 0.5) is 10.1 Å². The summed E-state index contributed by atoms with van der Waals surface area (Å²) < 4.78 is 19.4. The van der Waals surface area contributed by atoms with E-state index in [4.69, 9.17) is 4.74 Å². The summed E-state index contributed by atoms with van der Waals surface area (Å²) in [5, 5.41) is 5.31. The van der Waals surface area contributed by atoms with E-state index >= 15 is 0 Å². The first-order valence-corrected chi connectivity index (χ1v) is 13.3. The molecule has 0 aromatic heterocycles. The van der Waals surface area contributed by atoms with Crippen LogP contribution in [0.25, 0.3) is 10.8 Å². The minimum atomic E-state index is -0.219. The minimum Gasteiger partial charge on any atom is -0.490 e. The molecular formula is C30H34FN3O2. The summed E-state index contributed by atoms with van der Waals surface area (Å²) in [6.07, 6.45) is 5.62. The van der Waals surface area contributed by atoms with Crippen LogP contribution in [-0.2, 0) is 11.2 Å². The maximum atomic E-state index is 13.5. The summed E-state index contributed by atoms with van der Waals surface area (Å²) in [6.45, 7) is 4.68. The second-order valence-corrected chi connectivity index (χ2v) is 10.6. The van der Waals surface area contributed by atoms with Gasteiger partial charge in [0.05, 0.1) is 12.0 Å². The van der Waals surface area contributed by atoms with Gasteiger partial charge in [0.15, 0.2) is 0 Å². The minimum absolute atomic E-state index is 0.0258. The molecule has 0 spiro atoms. The normalized spacial score (nSPS) is 20.8. The molecule has 3 aromatic rings. The number of ether oxygens (including phenoxy) is 1. The van der Waals surface area contributed by atoms with Gasteiger partial charge in [-0.2, -0.15) is 0 Å². The third-order valence-corrected chi connectivity index (χ3v) is 7.72. The Hall–Kier alpha value is -3.12. The van der Waals surface area contributed by atoms with Gasteiger partial charge in [0.25, 0.3) is 0 Å². The van der Waals surface area contributed by atoms with Gasteiger partial charge in [-0.1, -0.05) is 24.3 Å². The number of anilines is 1. The van der Waals surface area contributed by atoms with Crippen molar-refractivity contribution in [2.45, 2.75) is 44.2 Å². The van der Waals surface area contributed by atoms with Crippen molar-refractivity contribution in [1.82, 2.24) is 10.2 Å². The Morgan fingerprint density at radius 2 is 1.75 bits per heavy atom. The molecule has 36 heavy (non-hydrogen) atoms. The van der Waals surface area contributed by atoms with Gasteiger partial charge in [0.2, 0.25) is 5.91 Å². The zero-order valence-electron chi connectivity index (χ0n) is 20.7. The average Bonchev–Trinajstić information content (AvgIpc) is 3.53. The Morgan fingerprint density at radius 3 is 2.50 bits per heavy atom. The maximum Gasteiger partial charge on any atom is 0.225 e. The molecule has 1 amide bonds. The van der Waals surface area contributed by atoms with Crippen LogP contribution < -0.4 is 15.0 Å². The van der Waals surface area contributed by atoms with E-state index in [0.29, 0.717) is 12.6 Å². The molecule has 2 aliphatic heterocycles. The van der Waals surface area contributed by atoms with Gasteiger partial charge in [0.1, 0.15) is 11.6 Å². The van der Waals surface area contributed by atoms with E-state index in [9.17, 15) is 9.18 Å². The molecule has 188 valence electrons. The van der Waals surface area contributed by atoms with Crippen LogP contribution in [-0.4, -0.2) is 55.7 Å². The number of rotatable bonds is 9. The lowest BCUT2D eigenvalue weighted by molar-refractivity contribution is -0.125. The molecule has 3 aromatic carbocycles. The van der Waals surface area contributed by atoms with E-state index in [1.807, 2.05) is 18.2 Å². The molecular weight excluding hydrogens is 453 g/mol. The summed E-state index contributed by atoms with van der Waals surface area (Å²) in [4.78, 5) is 18.0. The second-order valence-electron chi connectivity index (χ2n) is 10.6. The van der Waals surface area contributed by atoms with E-state index in [1.54, 1.807) is 6.07 Å². The lowest BCUT2D eigenvalue weighted by Crippen LogP contribution is -2.50. The highest BCUT2D eigenvalue weighted by molar-refractivity contribution is 5.86. The predicted molar refractivity (Wildman–Crippen MR) is 141 cm³/mol. The standard InChI is InChI=1S/C30H34FN3O2/c31-25-6-4-23-18-27(7-5-22(23)17-25)34-15-12-24(19-34)30(35)32-26(20-33-13-1-14-33)16-21-2-8-28(9-3-21)36-29-10-11-29/h2-9,17-18,24,26,29H,1,10-16,19-20H2,(H,32,35)/t24-,26?/m1/s1. The molecule has 6 heteroatoms. The smallest absolute Gasteiger partial charge is 0.225 e. The lowest BCUT2D eigenvalue weighted by Gasteiger charge is -2.34. The van der Waals surface area contributed by atoms with Crippen LogP contribution in [0.2, 0.25) is 0 Å². The fraction of sp³-hybridized carbons (Fsp3) is 0.433. The van der Waals surface area contributed by atoms with Crippen LogP contribution in [0.15, 0.2) is 60.7 Å². The van der Waals surface area contributed by atoms with Gasteiger partial charge in [0, 0.05) is 31.4 Å². The van der Waals surface area contributed by atoms with Gasteiger partial charge in [-0.3, -0.25) is 4.79 Å². The van der Waals surface area contributed by atoms with Crippen molar-refractivity contribution in [3.05, 3.63) is 72.0 Å². The first-order valence-electron chi connectivity index (χ1n) is 13.3. The Labute approximate surface area is 212 Å². The summed E-state index contributed by atoms with van der Waals surface area (Å²) in [5.41, 5.74) is 2.32. The van der Waals surface area contributed by atoms with Crippen molar-refractivity contribution in [2.75, 3.05) is 37.6 Å². The molecule has 6 rings (SSSR count). The molecule has 1 aliphatic carbocycles. The zero-order chi connectivity index (χ0) is 24.5. The maximum absolute atomic E-state index is 13.5.